The molecule has 0 aliphatic rings. The lowest BCUT2D eigenvalue weighted by Crippen LogP contribution is -2.13. The fourth-order valence-electron chi connectivity index (χ4n) is 1.26. The van der Waals surface area contributed by atoms with Crippen LogP contribution in [-0.4, -0.2) is 23.4 Å². The summed E-state index contributed by atoms with van der Waals surface area (Å²) in [6.07, 6.45) is 3.81. The lowest BCUT2D eigenvalue weighted by atomic mass is 10.3. The molecule has 2 aromatic heterocycles. The third kappa shape index (κ3) is 2.93. The van der Waals surface area contributed by atoms with E-state index in [-0.39, 0.29) is 10.2 Å². The molecule has 0 atom stereocenters. The predicted molar refractivity (Wildman–Crippen MR) is 66.8 cm³/mol. The zero-order chi connectivity index (χ0) is 13.2. The summed E-state index contributed by atoms with van der Waals surface area (Å²) >= 11 is 5.50. The molecule has 1 N–H and O–H groups in total. The highest BCUT2D eigenvalue weighted by molar-refractivity contribution is 7.92. The van der Waals surface area contributed by atoms with E-state index < -0.39 is 10.0 Å². The number of rotatable bonds is 3. The first-order valence-corrected chi connectivity index (χ1v) is 6.76. The van der Waals surface area contributed by atoms with Crippen molar-refractivity contribution in [3.05, 3.63) is 41.7 Å². The number of sulfonamides is 1. The Hall–Kier alpha value is -1.73. The molecule has 18 heavy (non-hydrogen) atoms. The molecule has 0 fully saturated rings. The minimum atomic E-state index is -3.71. The van der Waals surface area contributed by atoms with E-state index in [1.807, 2.05) is 0 Å². The third-order valence-electron chi connectivity index (χ3n) is 2.06. The van der Waals surface area contributed by atoms with Gasteiger partial charge in [-0.05, 0) is 30.7 Å². The molecular formula is C10H9ClN4O2S. The van der Waals surface area contributed by atoms with Crippen LogP contribution in [0.3, 0.4) is 0 Å². The standard InChI is InChI=1S/C10H9ClN4O2S/c1-7-4-8(2-3-12-7)15-18(16,17)9-5-13-10(11)14-6-9/h2-6H,1H3,(H,12,15). The molecule has 0 radical (unpaired) electrons. The van der Waals surface area contributed by atoms with Gasteiger partial charge in [0.05, 0.1) is 18.1 Å². The van der Waals surface area contributed by atoms with Crippen LogP contribution in [0, 0.1) is 6.92 Å². The number of nitrogens with one attached hydrogen (secondary N) is 1. The molecule has 0 saturated carbocycles. The lowest BCUT2D eigenvalue weighted by Gasteiger charge is -2.07. The van der Waals surface area contributed by atoms with E-state index >= 15 is 0 Å². The first-order chi connectivity index (χ1) is 8.47. The number of nitrogens with zero attached hydrogens (tertiary/aromatic N) is 3. The van der Waals surface area contributed by atoms with Gasteiger partial charge in [-0.2, -0.15) is 0 Å². The predicted octanol–water partition coefficient (Wildman–Crippen LogP) is 1.63. The Morgan fingerprint density at radius 2 is 1.89 bits per heavy atom. The van der Waals surface area contributed by atoms with Crippen LogP contribution in [0.1, 0.15) is 5.69 Å². The summed E-state index contributed by atoms with van der Waals surface area (Å²) < 4.78 is 26.3. The fourth-order valence-corrected chi connectivity index (χ4v) is 2.30. The van der Waals surface area contributed by atoms with Gasteiger partial charge in [-0.25, -0.2) is 18.4 Å². The van der Waals surface area contributed by atoms with Crippen molar-refractivity contribution < 1.29 is 8.42 Å². The number of hydrogen-bond donors (Lipinski definition) is 1. The van der Waals surface area contributed by atoms with Gasteiger partial charge >= 0.3 is 0 Å². The quantitative estimate of drug-likeness (QED) is 0.866. The van der Waals surface area contributed by atoms with E-state index in [4.69, 9.17) is 11.6 Å². The molecule has 6 nitrogen and oxygen atoms in total. The van der Waals surface area contributed by atoms with Crippen LogP contribution >= 0.6 is 11.6 Å². The van der Waals surface area contributed by atoms with Crippen molar-refractivity contribution in [2.75, 3.05) is 4.72 Å². The van der Waals surface area contributed by atoms with Crippen LogP contribution in [-0.2, 0) is 10.0 Å². The van der Waals surface area contributed by atoms with Crippen molar-refractivity contribution >= 4 is 27.3 Å². The van der Waals surface area contributed by atoms with Crippen molar-refractivity contribution in [1.82, 2.24) is 15.0 Å². The summed E-state index contributed by atoms with van der Waals surface area (Å²) in [6.45, 7) is 1.77. The topological polar surface area (TPSA) is 84.8 Å². The average Bonchev–Trinajstić information content (AvgIpc) is 2.29. The second-order valence-electron chi connectivity index (χ2n) is 3.48. The van der Waals surface area contributed by atoms with Gasteiger partial charge in [-0.3, -0.25) is 9.71 Å². The lowest BCUT2D eigenvalue weighted by molar-refractivity contribution is 0.600. The van der Waals surface area contributed by atoms with Crippen LogP contribution in [0.2, 0.25) is 5.28 Å². The Morgan fingerprint density at radius 3 is 2.50 bits per heavy atom. The second kappa shape index (κ2) is 4.87. The first-order valence-electron chi connectivity index (χ1n) is 4.90. The molecule has 2 heterocycles. The second-order valence-corrected chi connectivity index (χ2v) is 5.50. The molecule has 0 bridgehead atoms. The van der Waals surface area contributed by atoms with Crippen LogP contribution in [0.25, 0.3) is 0 Å². The van der Waals surface area contributed by atoms with Crippen molar-refractivity contribution in [3.63, 3.8) is 0 Å². The van der Waals surface area contributed by atoms with E-state index in [2.05, 4.69) is 19.7 Å². The summed E-state index contributed by atoms with van der Waals surface area (Å²) in [4.78, 5) is 11.2. The normalized spacial score (nSPS) is 11.2. The van der Waals surface area contributed by atoms with E-state index in [1.165, 1.54) is 6.20 Å². The van der Waals surface area contributed by atoms with Gasteiger partial charge in [-0.1, -0.05) is 0 Å². The molecule has 2 aromatic rings. The number of pyridine rings is 1. The van der Waals surface area contributed by atoms with Crippen LogP contribution in [0.4, 0.5) is 5.69 Å². The van der Waals surface area contributed by atoms with Gasteiger partial charge in [0.2, 0.25) is 5.28 Å². The molecule has 0 amide bonds. The molecule has 94 valence electrons. The van der Waals surface area contributed by atoms with Gasteiger partial charge in [0.1, 0.15) is 4.90 Å². The smallest absolute Gasteiger partial charge is 0.264 e. The Balaban J connectivity index is 2.30. The maximum absolute atomic E-state index is 12.0. The Bertz CT molecular complexity index is 658. The van der Waals surface area contributed by atoms with Crippen molar-refractivity contribution in [1.29, 1.82) is 0 Å². The monoisotopic (exact) mass is 284 g/mol. The average molecular weight is 285 g/mol. The first kappa shape index (κ1) is 12.7. The molecule has 2 rings (SSSR count). The van der Waals surface area contributed by atoms with Gasteiger partial charge in [0.25, 0.3) is 10.0 Å². The van der Waals surface area contributed by atoms with Crippen molar-refractivity contribution in [3.8, 4) is 0 Å². The summed E-state index contributed by atoms with van der Waals surface area (Å²) in [5.41, 5.74) is 1.14. The van der Waals surface area contributed by atoms with E-state index in [0.717, 1.165) is 12.4 Å². The highest BCUT2D eigenvalue weighted by atomic mass is 35.5. The molecule has 0 aliphatic carbocycles. The molecule has 0 aromatic carbocycles. The molecule has 8 heteroatoms. The highest BCUT2D eigenvalue weighted by Gasteiger charge is 2.15. The molecule has 0 aliphatic heterocycles. The van der Waals surface area contributed by atoms with Crippen LogP contribution in [0.5, 0.6) is 0 Å². The van der Waals surface area contributed by atoms with Crippen molar-refractivity contribution in [2.24, 2.45) is 0 Å². The number of hydrogen-bond acceptors (Lipinski definition) is 5. The molecule has 0 spiro atoms. The third-order valence-corrected chi connectivity index (χ3v) is 3.59. The maximum atomic E-state index is 12.0. The molecule has 0 saturated heterocycles. The Labute approximate surface area is 109 Å². The summed E-state index contributed by atoms with van der Waals surface area (Å²) in [7, 11) is -3.71. The minimum absolute atomic E-state index is 0.00583. The SMILES string of the molecule is Cc1cc(NS(=O)(=O)c2cnc(Cl)nc2)ccn1. The number of anilines is 1. The zero-order valence-electron chi connectivity index (χ0n) is 9.33. The van der Waals surface area contributed by atoms with E-state index in [0.29, 0.717) is 11.4 Å². The van der Waals surface area contributed by atoms with Crippen LogP contribution < -0.4 is 4.72 Å². The number of aromatic nitrogens is 3. The Kier molecular flexibility index (Phi) is 3.44. The number of aryl methyl sites for hydroxylation is 1. The zero-order valence-corrected chi connectivity index (χ0v) is 10.9. The summed E-state index contributed by atoms with van der Waals surface area (Å²) in [5, 5.41) is -0.00583. The van der Waals surface area contributed by atoms with E-state index in [9.17, 15) is 8.42 Å². The van der Waals surface area contributed by atoms with Gasteiger partial charge in [0.15, 0.2) is 0 Å². The Morgan fingerprint density at radius 1 is 1.22 bits per heavy atom. The maximum Gasteiger partial charge on any atom is 0.264 e. The summed E-state index contributed by atoms with van der Waals surface area (Å²) in [6, 6.07) is 3.18. The fraction of sp³-hybridized carbons (Fsp3) is 0.100. The van der Waals surface area contributed by atoms with Crippen molar-refractivity contribution in [2.45, 2.75) is 11.8 Å². The van der Waals surface area contributed by atoms with Gasteiger partial charge in [-0.15, -0.1) is 0 Å². The van der Waals surface area contributed by atoms with Crippen LogP contribution in [0.15, 0.2) is 35.6 Å². The molecule has 0 unspecified atom stereocenters. The highest BCUT2D eigenvalue weighted by Crippen LogP contribution is 2.15. The van der Waals surface area contributed by atoms with Gasteiger partial charge < -0.3 is 0 Å². The minimum Gasteiger partial charge on any atom is -0.279 e. The largest absolute Gasteiger partial charge is 0.279 e. The summed E-state index contributed by atoms with van der Waals surface area (Å²) in [5.74, 6) is 0. The molecular weight excluding hydrogens is 276 g/mol. The number of halogens is 1. The van der Waals surface area contributed by atoms with E-state index in [1.54, 1.807) is 19.1 Å². The van der Waals surface area contributed by atoms with Gasteiger partial charge in [0, 0.05) is 11.9 Å².